The van der Waals surface area contributed by atoms with E-state index in [9.17, 15) is 20.0 Å². The van der Waals surface area contributed by atoms with E-state index in [1.54, 1.807) is 6.07 Å². The van der Waals surface area contributed by atoms with Crippen molar-refractivity contribution in [1.29, 1.82) is 0 Å². The maximum absolute atomic E-state index is 12.5. The quantitative estimate of drug-likeness (QED) is 0.435. The predicted molar refractivity (Wildman–Crippen MR) is 97.9 cm³/mol. The summed E-state index contributed by atoms with van der Waals surface area (Å²) in [6, 6.07) is 6.81. The predicted octanol–water partition coefficient (Wildman–Crippen LogP) is 5.16. The molecule has 1 amide bonds. The lowest BCUT2D eigenvalue weighted by atomic mass is 9.86. The van der Waals surface area contributed by atoms with Crippen molar-refractivity contribution in [3.8, 4) is 5.75 Å². The van der Waals surface area contributed by atoms with Gasteiger partial charge in [-0.25, -0.2) is 0 Å². The number of carbonyl (C=O) groups excluding carboxylic acids is 1. The third kappa shape index (κ3) is 4.21. The molecule has 0 saturated heterocycles. The molecule has 2 rings (SSSR count). The van der Waals surface area contributed by atoms with Crippen LogP contribution in [-0.4, -0.2) is 15.9 Å². The molecule has 0 aliphatic carbocycles. The number of phenols is 1. The Morgan fingerprint density at radius 2 is 1.72 bits per heavy atom. The summed E-state index contributed by atoms with van der Waals surface area (Å²) in [4.78, 5) is 22.6. The van der Waals surface area contributed by atoms with E-state index < -0.39 is 10.8 Å². The van der Waals surface area contributed by atoms with Gasteiger partial charge in [0.25, 0.3) is 11.6 Å². The number of nitrogens with zero attached hydrogens (tertiary/aromatic N) is 1. The maximum atomic E-state index is 12.5. The van der Waals surface area contributed by atoms with E-state index in [0.29, 0.717) is 11.3 Å². The molecule has 0 bridgehead atoms. The van der Waals surface area contributed by atoms with Crippen molar-refractivity contribution in [3.63, 3.8) is 0 Å². The Labute approximate surface area is 154 Å². The molecule has 2 aromatic carbocycles. The highest BCUT2D eigenvalue weighted by Gasteiger charge is 2.22. The highest BCUT2D eigenvalue weighted by molar-refractivity contribution is 6.40. The Morgan fingerprint density at radius 3 is 2.20 bits per heavy atom. The summed E-state index contributed by atoms with van der Waals surface area (Å²) in [5, 5.41) is 23.2. The molecule has 0 aliphatic rings. The van der Waals surface area contributed by atoms with Crippen LogP contribution in [0.25, 0.3) is 0 Å². The first-order valence-corrected chi connectivity index (χ1v) is 8.04. The van der Waals surface area contributed by atoms with Gasteiger partial charge in [0.05, 0.1) is 20.5 Å². The number of nitrogens with one attached hydrogen (secondary N) is 1. The molecule has 0 radical (unpaired) electrons. The molecule has 0 spiro atoms. The highest BCUT2D eigenvalue weighted by Crippen LogP contribution is 2.34. The standard InChI is InChI=1S/C17H16Cl2N2O4/c1-17(2,3)11-6-9(4-5-14(11)22)20-16(23)15-12(18)7-10(21(24)25)8-13(15)19/h4-8,22H,1-3H3,(H,20,23). The van der Waals surface area contributed by atoms with E-state index >= 15 is 0 Å². The van der Waals surface area contributed by atoms with Gasteiger partial charge in [0.2, 0.25) is 0 Å². The van der Waals surface area contributed by atoms with E-state index in [1.807, 2.05) is 20.8 Å². The number of carbonyl (C=O) groups is 1. The summed E-state index contributed by atoms with van der Waals surface area (Å²) in [6.45, 7) is 5.78. The van der Waals surface area contributed by atoms with Crippen molar-refractivity contribution in [2.75, 3.05) is 5.32 Å². The van der Waals surface area contributed by atoms with Crippen LogP contribution < -0.4 is 5.32 Å². The third-order valence-electron chi connectivity index (χ3n) is 3.53. The molecule has 0 atom stereocenters. The summed E-state index contributed by atoms with van der Waals surface area (Å²) in [7, 11) is 0. The first-order valence-electron chi connectivity index (χ1n) is 7.29. The van der Waals surface area contributed by atoms with Crippen molar-refractivity contribution in [3.05, 3.63) is 61.6 Å². The number of amides is 1. The normalized spacial score (nSPS) is 11.2. The molecular formula is C17H16Cl2N2O4. The smallest absolute Gasteiger partial charge is 0.272 e. The van der Waals surface area contributed by atoms with Gasteiger partial charge >= 0.3 is 0 Å². The topological polar surface area (TPSA) is 92.5 Å². The molecular weight excluding hydrogens is 367 g/mol. The van der Waals surface area contributed by atoms with Gasteiger partial charge in [-0.1, -0.05) is 44.0 Å². The Balaban J connectivity index is 2.37. The second kappa shape index (κ2) is 6.90. The minimum absolute atomic E-state index is 0.0562. The lowest BCUT2D eigenvalue weighted by molar-refractivity contribution is -0.384. The summed E-state index contributed by atoms with van der Waals surface area (Å²) in [5.41, 5.74) is 0.419. The first-order chi connectivity index (χ1) is 11.5. The second-order valence-corrected chi connectivity index (χ2v) is 7.29. The fourth-order valence-corrected chi connectivity index (χ4v) is 2.94. The molecule has 132 valence electrons. The molecule has 25 heavy (non-hydrogen) atoms. The summed E-state index contributed by atoms with van der Waals surface area (Å²) < 4.78 is 0. The molecule has 0 saturated carbocycles. The van der Waals surface area contributed by atoms with Crippen molar-refractivity contribution in [2.45, 2.75) is 26.2 Å². The Hall–Kier alpha value is -2.31. The van der Waals surface area contributed by atoms with Crippen LogP contribution in [0.2, 0.25) is 10.0 Å². The van der Waals surface area contributed by atoms with E-state index in [-0.39, 0.29) is 32.5 Å². The maximum Gasteiger partial charge on any atom is 0.272 e. The van der Waals surface area contributed by atoms with Crippen LogP contribution in [0.1, 0.15) is 36.7 Å². The number of phenolic OH excluding ortho intramolecular Hbond substituents is 1. The Bertz CT molecular complexity index is 837. The van der Waals surface area contributed by atoms with Crippen molar-refractivity contribution in [2.24, 2.45) is 0 Å². The number of halogens is 2. The zero-order valence-corrected chi connectivity index (χ0v) is 15.3. The van der Waals surface area contributed by atoms with Crippen molar-refractivity contribution < 1.29 is 14.8 Å². The molecule has 0 fully saturated rings. The van der Waals surface area contributed by atoms with Crippen LogP contribution in [0.4, 0.5) is 11.4 Å². The van der Waals surface area contributed by atoms with Crippen molar-refractivity contribution in [1.82, 2.24) is 0 Å². The van der Waals surface area contributed by atoms with Crippen LogP contribution in [-0.2, 0) is 5.41 Å². The van der Waals surface area contributed by atoms with Gasteiger partial charge in [-0.05, 0) is 23.6 Å². The van der Waals surface area contributed by atoms with Crippen molar-refractivity contribution >= 4 is 40.5 Å². The van der Waals surface area contributed by atoms with E-state index in [4.69, 9.17) is 23.2 Å². The monoisotopic (exact) mass is 382 g/mol. The lowest BCUT2D eigenvalue weighted by Gasteiger charge is -2.21. The molecule has 0 heterocycles. The molecule has 0 aliphatic heterocycles. The minimum atomic E-state index is -0.644. The number of nitro groups is 1. The third-order valence-corrected chi connectivity index (χ3v) is 4.12. The summed E-state index contributed by atoms with van der Waals surface area (Å²) in [5.74, 6) is -0.479. The molecule has 0 aromatic heterocycles. The van der Waals surface area contributed by atoms with E-state index in [2.05, 4.69) is 5.32 Å². The molecule has 2 N–H and O–H groups in total. The van der Waals surface area contributed by atoms with Gasteiger partial charge in [0.1, 0.15) is 5.75 Å². The molecule has 0 unspecified atom stereocenters. The number of aromatic hydroxyl groups is 1. The Kier molecular flexibility index (Phi) is 5.25. The van der Waals surface area contributed by atoms with Crippen LogP contribution in [0.3, 0.4) is 0 Å². The zero-order valence-electron chi connectivity index (χ0n) is 13.8. The average Bonchev–Trinajstić information content (AvgIpc) is 2.47. The minimum Gasteiger partial charge on any atom is -0.508 e. The second-order valence-electron chi connectivity index (χ2n) is 6.48. The largest absolute Gasteiger partial charge is 0.508 e. The number of benzene rings is 2. The Morgan fingerprint density at radius 1 is 1.16 bits per heavy atom. The van der Waals surface area contributed by atoms with Gasteiger partial charge < -0.3 is 10.4 Å². The highest BCUT2D eigenvalue weighted by atomic mass is 35.5. The van der Waals surface area contributed by atoms with Crippen LogP contribution >= 0.6 is 23.2 Å². The number of hydrogen-bond donors (Lipinski definition) is 2. The number of rotatable bonds is 3. The van der Waals surface area contributed by atoms with Gasteiger partial charge in [0.15, 0.2) is 0 Å². The molecule has 2 aromatic rings. The van der Waals surface area contributed by atoms with Gasteiger partial charge in [-0.3, -0.25) is 14.9 Å². The van der Waals surface area contributed by atoms with E-state index in [1.165, 1.54) is 12.1 Å². The zero-order chi connectivity index (χ0) is 18.9. The SMILES string of the molecule is CC(C)(C)c1cc(NC(=O)c2c(Cl)cc([N+](=O)[O-])cc2Cl)ccc1O. The lowest BCUT2D eigenvalue weighted by Crippen LogP contribution is -2.15. The summed E-state index contributed by atoms with van der Waals surface area (Å²) in [6.07, 6.45) is 0. The average molecular weight is 383 g/mol. The fraction of sp³-hybridized carbons (Fsp3) is 0.235. The number of anilines is 1. The van der Waals surface area contributed by atoms with Crippen LogP contribution in [0.5, 0.6) is 5.75 Å². The van der Waals surface area contributed by atoms with Gasteiger partial charge in [-0.15, -0.1) is 0 Å². The van der Waals surface area contributed by atoms with Crippen LogP contribution in [0.15, 0.2) is 30.3 Å². The number of non-ortho nitro benzene ring substituents is 1. The van der Waals surface area contributed by atoms with Gasteiger partial charge in [-0.2, -0.15) is 0 Å². The first kappa shape index (κ1) is 19.0. The fourth-order valence-electron chi connectivity index (χ4n) is 2.29. The van der Waals surface area contributed by atoms with E-state index in [0.717, 1.165) is 12.1 Å². The van der Waals surface area contributed by atoms with Crippen LogP contribution in [0, 0.1) is 10.1 Å². The molecule has 6 nitrogen and oxygen atoms in total. The molecule has 8 heteroatoms. The summed E-state index contributed by atoms with van der Waals surface area (Å²) >= 11 is 12.0. The number of nitro benzene ring substituents is 1. The van der Waals surface area contributed by atoms with Gasteiger partial charge in [0, 0.05) is 23.4 Å². The number of hydrogen-bond acceptors (Lipinski definition) is 4.